The van der Waals surface area contributed by atoms with Gasteiger partial charge in [0.2, 0.25) is 0 Å². The molecule has 0 amide bonds. The van der Waals surface area contributed by atoms with Crippen LogP contribution in [0, 0.1) is 0 Å². The first-order valence-corrected chi connectivity index (χ1v) is 43.8. The van der Waals surface area contributed by atoms with Gasteiger partial charge in [0.05, 0.1) is 102 Å². The maximum Gasteiger partial charge on any atom is 0.0979 e. The zero-order valence-electron chi connectivity index (χ0n) is 69.8. The van der Waals surface area contributed by atoms with Gasteiger partial charge in [-0.1, -0.05) is 340 Å². The van der Waals surface area contributed by atoms with E-state index in [2.05, 4.69) is 450 Å². The van der Waals surface area contributed by atoms with Crippen LogP contribution in [0.2, 0.25) is 0 Å². The summed E-state index contributed by atoms with van der Waals surface area (Å²) in [4.78, 5) is 30.6. The van der Waals surface area contributed by atoms with Crippen molar-refractivity contribution < 1.29 is 0 Å². The van der Waals surface area contributed by atoms with Crippen molar-refractivity contribution in [3.05, 3.63) is 455 Å². The molecular formula is C120H75N9. The summed E-state index contributed by atoms with van der Waals surface area (Å²) in [6, 6.07) is 155. The van der Waals surface area contributed by atoms with Gasteiger partial charge in [0.15, 0.2) is 0 Å². The van der Waals surface area contributed by atoms with Gasteiger partial charge in [-0.2, -0.15) is 0 Å². The first kappa shape index (κ1) is 74.2. The number of hydrogen-bond donors (Lipinski definition) is 0. The molecule has 0 atom stereocenters. The molecule has 0 spiro atoms. The van der Waals surface area contributed by atoms with Crippen molar-refractivity contribution in [2.75, 3.05) is 0 Å². The molecule has 9 nitrogen and oxygen atoms in total. The van der Waals surface area contributed by atoms with Gasteiger partial charge in [0.1, 0.15) is 0 Å². The second-order valence-electron chi connectivity index (χ2n) is 33.1. The summed E-state index contributed by atoms with van der Waals surface area (Å²) in [5.74, 6) is 0. The van der Waals surface area contributed by atoms with E-state index in [4.69, 9.17) is 29.9 Å². The van der Waals surface area contributed by atoms with Gasteiger partial charge in [-0.05, 0) is 163 Å². The number of hydrogen-bond acceptors (Lipinski definition) is 6. The largest absolute Gasteiger partial charge is 0.309 e. The fourth-order valence-corrected chi connectivity index (χ4v) is 19.9. The van der Waals surface area contributed by atoms with Gasteiger partial charge in [-0.3, -0.25) is 15.0 Å². The van der Waals surface area contributed by atoms with E-state index in [0.717, 1.165) is 122 Å². The van der Waals surface area contributed by atoms with Crippen LogP contribution in [0.5, 0.6) is 0 Å². The topological polar surface area (TPSA) is 92.1 Å². The van der Waals surface area contributed by atoms with Crippen LogP contribution in [-0.4, -0.2) is 43.6 Å². The van der Waals surface area contributed by atoms with Crippen molar-refractivity contribution in [2.24, 2.45) is 0 Å². The van der Waals surface area contributed by atoms with Crippen LogP contribution in [0.15, 0.2) is 455 Å². The Morgan fingerprint density at radius 3 is 0.791 bits per heavy atom. The maximum absolute atomic E-state index is 5.30. The third kappa shape index (κ3) is 12.5. The lowest BCUT2D eigenvalue weighted by atomic mass is 9.95. The highest BCUT2D eigenvalue weighted by molar-refractivity contribution is 6.26. The third-order valence-electron chi connectivity index (χ3n) is 25.9. The third-order valence-corrected chi connectivity index (χ3v) is 25.9. The molecular weight excluding hydrogens is 1570 g/mol. The number of rotatable bonds is 9. The Morgan fingerprint density at radius 1 is 0.140 bits per heavy atom. The summed E-state index contributed by atoms with van der Waals surface area (Å²) in [6.45, 7) is 0. The van der Waals surface area contributed by atoms with E-state index in [0.29, 0.717) is 0 Å². The molecule has 0 saturated heterocycles. The molecule has 0 unspecified atom stereocenters. The summed E-state index contributed by atoms with van der Waals surface area (Å²) in [6.07, 6.45) is 5.75. The van der Waals surface area contributed by atoms with Crippen molar-refractivity contribution in [3.8, 4) is 84.2 Å². The highest BCUT2D eigenvalue weighted by Gasteiger charge is 2.22. The predicted octanol–water partition coefficient (Wildman–Crippen LogP) is 31.1. The molecule has 6 heterocycles. The minimum Gasteiger partial charge on any atom is -0.309 e. The summed E-state index contributed by atoms with van der Waals surface area (Å²) in [5, 5.41) is 21.5. The normalized spacial score (nSPS) is 11.7. The first-order valence-electron chi connectivity index (χ1n) is 43.8. The van der Waals surface area contributed by atoms with E-state index in [9.17, 15) is 0 Å². The smallest absolute Gasteiger partial charge is 0.0979 e. The Morgan fingerprint density at radius 2 is 0.395 bits per heavy atom. The lowest BCUT2D eigenvalue weighted by molar-refractivity contribution is 1.18. The van der Waals surface area contributed by atoms with E-state index in [1.165, 1.54) is 126 Å². The molecule has 0 bridgehead atoms. The summed E-state index contributed by atoms with van der Waals surface area (Å²) in [7, 11) is 0. The molecule has 6 aromatic heterocycles. The summed E-state index contributed by atoms with van der Waals surface area (Å²) >= 11 is 0. The fraction of sp³-hybridized carbons (Fsp3) is 0. The van der Waals surface area contributed by atoms with Crippen LogP contribution in [0.3, 0.4) is 0 Å². The molecule has 600 valence electrons. The van der Waals surface area contributed by atoms with Gasteiger partial charge in [0, 0.05) is 98.4 Å². The molecule has 0 aliphatic heterocycles. The minimum atomic E-state index is 0.871. The molecule has 9 heteroatoms. The average Bonchev–Trinajstić information content (AvgIpc) is 1.37. The number of benzene rings is 21. The van der Waals surface area contributed by atoms with Crippen LogP contribution in [0.4, 0.5) is 0 Å². The van der Waals surface area contributed by atoms with Crippen molar-refractivity contribution in [2.45, 2.75) is 0 Å². The second-order valence-corrected chi connectivity index (χ2v) is 33.1. The number of nitrogens with zero attached hydrogens (tertiary/aromatic N) is 9. The van der Waals surface area contributed by atoms with Crippen LogP contribution in [0.1, 0.15) is 0 Å². The van der Waals surface area contributed by atoms with Gasteiger partial charge in [-0.15, -0.1) is 0 Å². The molecule has 0 N–H and O–H groups in total. The minimum absolute atomic E-state index is 0.871. The molecule has 0 aliphatic rings. The highest BCUT2D eigenvalue weighted by atomic mass is 15.0. The Kier molecular flexibility index (Phi) is 17.7. The van der Waals surface area contributed by atoms with Gasteiger partial charge >= 0.3 is 0 Å². The number of para-hydroxylation sites is 6. The lowest BCUT2D eigenvalue weighted by Gasteiger charge is -2.13. The monoisotopic (exact) mass is 1640 g/mol. The zero-order valence-corrected chi connectivity index (χ0v) is 69.8. The zero-order chi connectivity index (χ0) is 85.0. The highest BCUT2D eigenvalue weighted by Crippen LogP contribution is 2.45. The Hall–Kier alpha value is -17.4. The molecule has 27 rings (SSSR count). The van der Waals surface area contributed by atoms with Crippen molar-refractivity contribution in [1.29, 1.82) is 0 Å². The predicted molar refractivity (Wildman–Crippen MR) is 539 cm³/mol. The first-order chi connectivity index (χ1) is 64.0. The summed E-state index contributed by atoms with van der Waals surface area (Å²) in [5.41, 5.74) is 29.1. The van der Waals surface area contributed by atoms with E-state index < -0.39 is 0 Å². The van der Waals surface area contributed by atoms with Gasteiger partial charge in [0.25, 0.3) is 0 Å². The molecule has 27 aromatic rings. The van der Waals surface area contributed by atoms with Crippen LogP contribution in [0.25, 0.3) is 247 Å². The molecule has 0 aliphatic carbocycles. The molecule has 0 saturated carbocycles. The quantitative estimate of drug-likeness (QED) is 0.134. The molecule has 0 radical (unpaired) electrons. The van der Waals surface area contributed by atoms with E-state index in [1.807, 2.05) is 18.6 Å². The Labute approximate surface area is 741 Å². The fourth-order valence-electron chi connectivity index (χ4n) is 19.9. The van der Waals surface area contributed by atoms with Crippen molar-refractivity contribution in [3.63, 3.8) is 0 Å². The second kappa shape index (κ2) is 30.8. The van der Waals surface area contributed by atoms with E-state index in [1.54, 1.807) is 0 Å². The average molecular weight is 1640 g/mol. The molecule has 129 heavy (non-hydrogen) atoms. The van der Waals surface area contributed by atoms with Crippen LogP contribution >= 0.6 is 0 Å². The number of aromatic nitrogens is 9. The SMILES string of the molecule is c1ccc(-n2c3ccccc3c3cc(-c4ccc(-c5cnc6c7ccccc7c7ccccc7c6n5)cc4)ccc32)cc1.c1ccc(-n2c3ccccc3c3cc(-c4cccc(-c5cnc6c7ccccc7c7ccccc7c6n5)c4)ccc32)cc1.c1ccc(-n2c3ccccc3c3cc(-c4ccccc4-c4cnc5c6ccccc6c6ccccc6c5n4)ccc32)cc1. The summed E-state index contributed by atoms with van der Waals surface area (Å²) < 4.78 is 7.05. The standard InChI is InChI=1S/3C40H25N3/c1-2-12-27(13-3-1)43-37-21-11-10-18-32(37)35-24-26(22-23-38(35)43)28-14-4-7-17-31(28)36-25-41-39-33-19-8-5-15-29(33)30-16-6-9-20-34(30)40(39)42-36;1-2-13-29(14-3-1)43-37-20-9-8-17-32(37)35-24-27(21-22-38(35)43)26-11-10-12-28(23-26)36-25-41-39-33-18-6-4-15-30(33)31-16-5-7-19-34(31)40(39)42-36;1-2-10-29(11-3-1)43-37-17-9-8-14-32(37)35-24-28(22-23-38(35)43)26-18-20-27(21-19-26)36-25-41-39-33-15-6-4-12-30(33)31-13-5-7-16-34(31)40(39)42-36/h3*1-25H. The van der Waals surface area contributed by atoms with Crippen LogP contribution in [-0.2, 0) is 0 Å². The van der Waals surface area contributed by atoms with Crippen molar-refractivity contribution in [1.82, 2.24) is 43.6 Å². The van der Waals surface area contributed by atoms with Gasteiger partial charge in [-0.25, -0.2) is 15.0 Å². The molecule has 0 fully saturated rings. The van der Waals surface area contributed by atoms with E-state index >= 15 is 0 Å². The van der Waals surface area contributed by atoms with Crippen molar-refractivity contribution >= 4 is 163 Å². The number of fused-ring (bicyclic) bond motifs is 27. The lowest BCUT2D eigenvalue weighted by Crippen LogP contribution is -1.94. The molecule has 21 aromatic carbocycles. The van der Waals surface area contributed by atoms with E-state index in [-0.39, 0.29) is 0 Å². The van der Waals surface area contributed by atoms with Crippen LogP contribution < -0.4 is 0 Å². The maximum atomic E-state index is 5.30. The Balaban J connectivity index is 0.000000105. The van der Waals surface area contributed by atoms with Gasteiger partial charge < -0.3 is 13.7 Å². The Bertz CT molecular complexity index is 9090.